The van der Waals surface area contributed by atoms with Crippen LogP contribution in [0, 0.1) is 0 Å². The van der Waals surface area contributed by atoms with E-state index in [9.17, 15) is 13.2 Å². The fraction of sp³-hybridized carbons (Fsp3) is 0.250. The second-order valence-corrected chi connectivity index (χ2v) is 8.45. The van der Waals surface area contributed by atoms with Crippen molar-refractivity contribution in [2.75, 3.05) is 37.6 Å². The molecule has 0 aliphatic carbocycles. The van der Waals surface area contributed by atoms with Gasteiger partial charge in [0.1, 0.15) is 0 Å². The average molecular weight is 411 g/mol. The van der Waals surface area contributed by atoms with E-state index >= 15 is 0 Å². The second-order valence-electron chi connectivity index (χ2n) is 6.72. The van der Waals surface area contributed by atoms with Gasteiger partial charge < -0.3 is 9.80 Å². The lowest BCUT2D eigenvalue weighted by molar-refractivity contribution is -0.130. The zero-order chi connectivity index (χ0) is 20.3. The van der Waals surface area contributed by atoms with E-state index < -0.39 is 10.0 Å². The van der Waals surface area contributed by atoms with Crippen LogP contribution in [0.3, 0.4) is 0 Å². The topological polar surface area (TPSA) is 95.5 Å². The number of nitrogens with zero attached hydrogens (tertiary/aromatic N) is 4. The van der Waals surface area contributed by atoms with E-state index in [0.717, 1.165) is 5.39 Å². The molecule has 1 amide bonds. The summed E-state index contributed by atoms with van der Waals surface area (Å²) in [6.45, 7) is 1.92. The monoisotopic (exact) mass is 411 g/mol. The van der Waals surface area contributed by atoms with E-state index in [4.69, 9.17) is 0 Å². The SMILES string of the molecule is O=C(CNS(=O)(=O)c1cccc2ccccc12)N1CCN(c2ncccn2)CC1. The van der Waals surface area contributed by atoms with Crippen LogP contribution in [0.1, 0.15) is 0 Å². The summed E-state index contributed by atoms with van der Waals surface area (Å²) in [5, 5.41) is 1.47. The van der Waals surface area contributed by atoms with Gasteiger partial charge in [-0.15, -0.1) is 0 Å². The number of aromatic nitrogens is 2. The Balaban J connectivity index is 1.38. The van der Waals surface area contributed by atoms with E-state index in [1.165, 1.54) is 0 Å². The minimum Gasteiger partial charge on any atom is -0.338 e. The molecule has 1 fully saturated rings. The molecule has 2 aromatic carbocycles. The zero-order valence-corrected chi connectivity index (χ0v) is 16.5. The standard InChI is InChI=1S/C20H21N5O3S/c26-19(24-11-13-25(14-12-24)20-21-9-4-10-22-20)15-23-29(27,28)18-8-3-6-16-5-1-2-7-17(16)18/h1-10,23H,11-15H2. The van der Waals surface area contributed by atoms with Gasteiger partial charge in [0.25, 0.3) is 0 Å². The molecule has 0 unspecified atom stereocenters. The fourth-order valence-corrected chi connectivity index (χ4v) is 4.59. The molecule has 0 saturated carbocycles. The third-order valence-electron chi connectivity index (χ3n) is 4.92. The molecule has 3 aromatic rings. The fourth-order valence-electron chi connectivity index (χ4n) is 3.39. The van der Waals surface area contributed by atoms with Crippen molar-refractivity contribution in [1.29, 1.82) is 0 Å². The second kappa shape index (κ2) is 8.14. The Labute approximate surface area is 169 Å². The molecule has 1 saturated heterocycles. The molecule has 29 heavy (non-hydrogen) atoms. The third-order valence-corrected chi connectivity index (χ3v) is 6.38. The van der Waals surface area contributed by atoms with Crippen molar-refractivity contribution in [3.63, 3.8) is 0 Å². The summed E-state index contributed by atoms with van der Waals surface area (Å²) in [6, 6.07) is 14.1. The molecule has 150 valence electrons. The summed E-state index contributed by atoms with van der Waals surface area (Å²) >= 11 is 0. The first-order valence-electron chi connectivity index (χ1n) is 9.32. The van der Waals surface area contributed by atoms with Gasteiger partial charge in [-0.1, -0.05) is 36.4 Å². The Hall–Kier alpha value is -3.04. The van der Waals surface area contributed by atoms with Crippen molar-refractivity contribution in [2.45, 2.75) is 4.90 Å². The molecule has 0 spiro atoms. The molecular formula is C20H21N5O3S. The van der Waals surface area contributed by atoms with Gasteiger partial charge in [0.05, 0.1) is 11.4 Å². The minimum absolute atomic E-state index is 0.175. The molecule has 1 N–H and O–H groups in total. The summed E-state index contributed by atoms with van der Waals surface area (Å²) in [7, 11) is -3.80. The van der Waals surface area contributed by atoms with Crippen LogP contribution >= 0.6 is 0 Å². The maximum Gasteiger partial charge on any atom is 0.241 e. The summed E-state index contributed by atoms with van der Waals surface area (Å²) in [5.41, 5.74) is 0. The first-order valence-corrected chi connectivity index (χ1v) is 10.8. The first-order chi connectivity index (χ1) is 14.0. The smallest absolute Gasteiger partial charge is 0.241 e. The number of sulfonamides is 1. The summed E-state index contributed by atoms with van der Waals surface area (Å²) < 4.78 is 28.0. The highest BCUT2D eigenvalue weighted by Gasteiger charge is 2.24. The van der Waals surface area contributed by atoms with E-state index in [1.807, 2.05) is 23.1 Å². The third kappa shape index (κ3) is 4.20. The first kappa shape index (κ1) is 19.3. The van der Waals surface area contributed by atoms with Gasteiger partial charge in [0, 0.05) is 44.0 Å². The van der Waals surface area contributed by atoms with Crippen LogP contribution in [0.25, 0.3) is 10.8 Å². The lowest BCUT2D eigenvalue weighted by Crippen LogP contribution is -2.51. The molecule has 8 nitrogen and oxygen atoms in total. The van der Waals surface area contributed by atoms with Crippen molar-refractivity contribution in [3.8, 4) is 0 Å². The van der Waals surface area contributed by atoms with Crippen molar-refractivity contribution in [2.24, 2.45) is 0 Å². The number of rotatable bonds is 5. The highest BCUT2D eigenvalue weighted by atomic mass is 32.2. The zero-order valence-electron chi connectivity index (χ0n) is 15.7. The van der Waals surface area contributed by atoms with Gasteiger partial charge in [-0.2, -0.15) is 0 Å². The predicted octanol–water partition coefficient (Wildman–Crippen LogP) is 1.26. The normalized spacial score (nSPS) is 14.9. The Bertz CT molecular complexity index is 1110. The number of anilines is 1. The van der Waals surface area contributed by atoms with Crippen LogP contribution < -0.4 is 9.62 Å². The molecule has 0 atom stereocenters. The van der Waals surface area contributed by atoms with Crippen molar-refractivity contribution in [3.05, 3.63) is 60.9 Å². The molecular weight excluding hydrogens is 390 g/mol. The van der Waals surface area contributed by atoms with Gasteiger partial charge in [-0.3, -0.25) is 4.79 Å². The van der Waals surface area contributed by atoms with Crippen LogP contribution in [0.5, 0.6) is 0 Å². The van der Waals surface area contributed by atoms with E-state index in [-0.39, 0.29) is 17.3 Å². The van der Waals surface area contributed by atoms with E-state index in [1.54, 1.807) is 47.6 Å². The minimum atomic E-state index is -3.80. The van der Waals surface area contributed by atoms with Gasteiger partial charge in [0.2, 0.25) is 21.9 Å². The Morgan fingerprint density at radius 2 is 1.62 bits per heavy atom. The summed E-state index contributed by atoms with van der Waals surface area (Å²) in [5.74, 6) is 0.388. The Kier molecular flexibility index (Phi) is 5.41. The summed E-state index contributed by atoms with van der Waals surface area (Å²) in [6.07, 6.45) is 3.36. The highest BCUT2D eigenvalue weighted by molar-refractivity contribution is 7.89. The van der Waals surface area contributed by atoms with Crippen molar-refractivity contribution in [1.82, 2.24) is 19.6 Å². The quantitative estimate of drug-likeness (QED) is 0.679. The largest absolute Gasteiger partial charge is 0.338 e. The van der Waals surface area contributed by atoms with Crippen LogP contribution in [0.15, 0.2) is 65.8 Å². The summed E-state index contributed by atoms with van der Waals surface area (Å²) in [4.78, 5) is 24.8. The number of fused-ring (bicyclic) bond motifs is 1. The Morgan fingerprint density at radius 3 is 2.38 bits per heavy atom. The van der Waals surface area contributed by atoms with E-state index in [0.29, 0.717) is 37.5 Å². The van der Waals surface area contributed by atoms with Crippen LogP contribution in [0.2, 0.25) is 0 Å². The number of hydrogen-bond acceptors (Lipinski definition) is 6. The van der Waals surface area contributed by atoms with E-state index in [2.05, 4.69) is 14.7 Å². The maximum atomic E-state index is 12.8. The lowest BCUT2D eigenvalue weighted by Gasteiger charge is -2.34. The van der Waals surface area contributed by atoms with Crippen molar-refractivity contribution >= 4 is 32.7 Å². The molecule has 1 aliphatic heterocycles. The number of piperazine rings is 1. The maximum absolute atomic E-state index is 12.8. The van der Waals surface area contributed by atoms with Gasteiger partial charge in [0.15, 0.2) is 0 Å². The molecule has 1 aromatic heterocycles. The number of carbonyl (C=O) groups is 1. The number of carbonyl (C=O) groups excluding carboxylic acids is 1. The number of hydrogen-bond donors (Lipinski definition) is 1. The van der Waals surface area contributed by atoms with Gasteiger partial charge >= 0.3 is 0 Å². The number of nitrogens with one attached hydrogen (secondary N) is 1. The molecule has 4 rings (SSSR count). The van der Waals surface area contributed by atoms with Gasteiger partial charge in [-0.25, -0.2) is 23.1 Å². The predicted molar refractivity (Wildman–Crippen MR) is 110 cm³/mol. The Morgan fingerprint density at radius 1 is 0.931 bits per heavy atom. The molecule has 0 bridgehead atoms. The lowest BCUT2D eigenvalue weighted by atomic mass is 10.1. The highest BCUT2D eigenvalue weighted by Crippen LogP contribution is 2.22. The van der Waals surface area contributed by atoms with Gasteiger partial charge in [-0.05, 0) is 17.5 Å². The average Bonchev–Trinajstić information content (AvgIpc) is 2.78. The molecule has 9 heteroatoms. The van der Waals surface area contributed by atoms with Crippen LogP contribution in [0.4, 0.5) is 5.95 Å². The number of amides is 1. The van der Waals surface area contributed by atoms with Crippen LogP contribution in [-0.4, -0.2) is 61.9 Å². The molecule has 0 radical (unpaired) electrons. The molecule has 1 aliphatic rings. The number of benzene rings is 2. The van der Waals surface area contributed by atoms with Crippen LogP contribution in [-0.2, 0) is 14.8 Å². The molecule has 2 heterocycles. The van der Waals surface area contributed by atoms with Crippen molar-refractivity contribution < 1.29 is 13.2 Å².